The molecular weight excluding hydrogens is 387 g/mol. The lowest BCUT2D eigenvalue weighted by atomic mass is 10.1. The lowest BCUT2D eigenvalue weighted by Crippen LogP contribution is -2.28. The number of fused-ring (bicyclic) bond motifs is 1. The fraction of sp³-hybridized carbons (Fsp3) is 0.318. The van der Waals surface area contributed by atoms with E-state index in [9.17, 15) is 9.18 Å². The number of rotatable bonds is 6. The van der Waals surface area contributed by atoms with Crippen LogP contribution >= 0.6 is 0 Å². The topological polar surface area (TPSA) is 85.4 Å². The third-order valence-electron chi connectivity index (χ3n) is 5.05. The van der Waals surface area contributed by atoms with Crippen LogP contribution in [0.1, 0.15) is 28.9 Å². The van der Waals surface area contributed by atoms with E-state index >= 15 is 0 Å². The monoisotopic (exact) mass is 410 g/mol. The summed E-state index contributed by atoms with van der Waals surface area (Å²) in [5.74, 6) is 0.0993. The molecule has 1 aromatic carbocycles. The van der Waals surface area contributed by atoms with Crippen molar-refractivity contribution in [1.82, 2.24) is 15.3 Å². The first-order valence-electron chi connectivity index (χ1n) is 9.84. The number of hydrogen-bond acceptors (Lipinski definition) is 6. The Balaban J connectivity index is 1.44. The lowest BCUT2D eigenvalue weighted by molar-refractivity contribution is 0.0903. The van der Waals surface area contributed by atoms with Crippen molar-refractivity contribution in [3.8, 4) is 5.75 Å². The molecule has 0 unspecified atom stereocenters. The molecule has 1 amide bonds. The molecule has 3 heterocycles. The Hall–Kier alpha value is -3.26. The highest BCUT2D eigenvalue weighted by Crippen LogP contribution is 2.19. The molecule has 7 nitrogen and oxygen atoms in total. The van der Waals surface area contributed by atoms with Crippen LogP contribution in [0.2, 0.25) is 0 Å². The van der Waals surface area contributed by atoms with Gasteiger partial charge < -0.3 is 20.1 Å². The summed E-state index contributed by atoms with van der Waals surface area (Å²) in [6, 6.07) is 10.2. The minimum atomic E-state index is -0.467. The van der Waals surface area contributed by atoms with Crippen molar-refractivity contribution in [2.75, 3.05) is 25.6 Å². The highest BCUT2D eigenvalue weighted by Gasteiger charge is 2.15. The summed E-state index contributed by atoms with van der Waals surface area (Å²) in [6.07, 6.45) is 3.61. The number of benzene rings is 1. The van der Waals surface area contributed by atoms with Gasteiger partial charge in [0.1, 0.15) is 11.5 Å². The Morgan fingerprint density at radius 2 is 2.07 bits per heavy atom. The zero-order valence-electron chi connectivity index (χ0n) is 16.7. The number of methoxy groups -OCH3 is 1. The van der Waals surface area contributed by atoms with Crippen LogP contribution in [0, 0.1) is 5.82 Å². The van der Waals surface area contributed by atoms with Gasteiger partial charge in [-0.05, 0) is 42.7 Å². The quantitative estimate of drug-likeness (QED) is 0.649. The molecule has 0 saturated carbocycles. The van der Waals surface area contributed by atoms with Gasteiger partial charge in [0.2, 0.25) is 0 Å². The van der Waals surface area contributed by atoms with E-state index in [0.29, 0.717) is 22.8 Å². The molecule has 1 fully saturated rings. The largest absolute Gasteiger partial charge is 0.494 e. The zero-order chi connectivity index (χ0) is 20.9. The maximum absolute atomic E-state index is 13.8. The average Bonchev–Trinajstić information content (AvgIpc) is 2.77. The van der Waals surface area contributed by atoms with Crippen LogP contribution < -0.4 is 15.4 Å². The molecule has 8 heteroatoms. The van der Waals surface area contributed by atoms with Gasteiger partial charge >= 0.3 is 0 Å². The fourth-order valence-electron chi connectivity index (χ4n) is 3.37. The molecule has 0 bridgehead atoms. The molecular formula is C22H23FN4O3. The summed E-state index contributed by atoms with van der Waals surface area (Å²) in [6.45, 7) is 1.67. The minimum Gasteiger partial charge on any atom is -0.494 e. The van der Waals surface area contributed by atoms with E-state index in [-0.39, 0.29) is 18.2 Å². The molecule has 30 heavy (non-hydrogen) atoms. The van der Waals surface area contributed by atoms with Crippen LogP contribution in [0.4, 0.5) is 10.2 Å². The number of nitrogens with zero attached hydrogens (tertiary/aromatic N) is 2. The van der Waals surface area contributed by atoms with Crippen molar-refractivity contribution in [2.45, 2.75) is 25.4 Å². The Labute approximate surface area is 173 Å². The number of hydrogen-bond donors (Lipinski definition) is 2. The molecule has 1 aliphatic rings. The van der Waals surface area contributed by atoms with Gasteiger partial charge in [0.15, 0.2) is 11.6 Å². The Morgan fingerprint density at radius 3 is 2.83 bits per heavy atom. The lowest BCUT2D eigenvalue weighted by Gasteiger charge is -2.23. The second kappa shape index (κ2) is 9.04. The van der Waals surface area contributed by atoms with Crippen molar-refractivity contribution >= 4 is 22.6 Å². The first kappa shape index (κ1) is 20.0. The van der Waals surface area contributed by atoms with Crippen LogP contribution in [0.25, 0.3) is 10.9 Å². The van der Waals surface area contributed by atoms with Gasteiger partial charge in [-0.3, -0.25) is 4.79 Å². The molecule has 2 N–H and O–H groups in total. The average molecular weight is 410 g/mol. The van der Waals surface area contributed by atoms with Crippen molar-refractivity contribution in [3.63, 3.8) is 0 Å². The molecule has 0 aliphatic carbocycles. The van der Waals surface area contributed by atoms with Gasteiger partial charge in [0, 0.05) is 43.4 Å². The van der Waals surface area contributed by atoms with Crippen LogP contribution in [0.5, 0.6) is 5.75 Å². The molecule has 0 spiro atoms. The van der Waals surface area contributed by atoms with Gasteiger partial charge in [-0.2, -0.15) is 0 Å². The van der Waals surface area contributed by atoms with E-state index in [2.05, 4.69) is 20.6 Å². The van der Waals surface area contributed by atoms with Gasteiger partial charge in [0.05, 0.1) is 12.6 Å². The van der Waals surface area contributed by atoms with E-state index in [0.717, 1.165) is 37.3 Å². The number of aromatic nitrogens is 2. The van der Waals surface area contributed by atoms with E-state index in [1.165, 1.54) is 19.2 Å². The molecule has 1 aliphatic heterocycles. The van der Waals surface area contributed by atoms with Crippen molar-refractivity contribution < 1.29 is 18.7 Å². The number of carbonyl (C=O) groups excluding carboxylic acids is 1. The highest BCUT2D eigenvalue weighted by molar-refractivity contribution is 5.95. The van der Waals surface area contributed by atoms with E-state index in [1.807, 2.05) is 12.1 Å². The molecule has 3 aromatic rings. The van der Waals surface area contributed by atoms with Gasteiger partial charge in [0.25, 0.3) is 5.91 Å². The number of pyridine rings is 2. The van der Waals surface area contributed by atoms with Crippen LogP contribution in [-0.2, 0) is 11.3 Å². The van der Waals surface area contributed by atoms with Gasteiger partial charge in [-0.1, -0.05) is 6.07 Å². The summed E-state index contributed by atoms with van der Waals surface area (Å²) in [5, 5.41) is 7.02. The highest BCUT2D eigenvalue weighted by atomic mass is 19.1. The number of anilines is 1. The maximum atomic E-state index is 13.8. The van der Waals surface area contributed by atoms with E-state index in [4.69, 9.17) is 9.47 Å². The Bertz CT molecular complexity index is 1050. The first-order chi connectivity index (χ1) is 14.6. The van der Waals surface area contributed by atoms with Crippen molar-refractivity contribution in [3.05, 3.63) is 59.7 Å². The predicted octanol–water partition coefficient (Wildman–Crippen LogP) is 3.30. The maximum Gasteiger partial charge on any atom is 0.270 e. The molecule has 0 atom stereocenters. The van der Waals surface area contributed by atoms with E-state index in [1.54, 1.807) is 18.3 Å². The number of ether oxygens (including phenoxy) is 2. The van der Waals surface area contributed by atoms with Gasteiger partial charge in [-0.25, -0.2) is 14.4 Å². The van der Waals surface area contributed by atoms with E-state index < -0.39 is 5.82 Å². The molecule has 1 saturated heterocycles. The standard InChI is InChI=1S/C22H23FN4O3/c1-29-20-5-2-14(10-17(20)23)12-25-22(28)18-4-3-15-13-24-21(11-19(15)27-18)26-16-6-8-30-9-7-16/h2-5,10-11,13,16H,6-9,12H2,1H3,(H,24,26)(H,25,28). The normalized spacial score (nSPS) is 14.5. The smallest absolute Gasteiger partial charge is 0.270 e. The molecule has 0 radical (unpaired) electrons. The number of halogens is 1. The third kappa shape index (κ3) is 4.65. The fourth-order valence-corrected chi connectivity index (χ4v) is 3.37. The summed E-state index contributed by atoms with van der Waals surface area (Å²) >= 11 is 0. The molecule has 2 aromatic heterocycles. The summed E-state index contributed by atoms with van der Waals surface area (Å²) in [5.41, 5.74) is 1.61. The van der Waals surface area contributed by atoms with Crippen LogP contribution in [-0.4, -0.2) is 42.2 Å². The third-order valence-corrected chi connectivity index (χ3v) is 5.05. The minimum absolute atomic E-state index is 0.167. The second-order valence-electron chi connectivity index (χ2n) is 7.14. The molecule has 4 rings (SSSR count). The summed E-state index contributed by atoms with van der Waals surface area (Å²) < 4.78 is 24.1. The van der Waals surface area contributed by atoms with Crippen LogP contribution in [0.3, 0.4) is 0 Å². The summed E-state index contributed by atoms with van der Waals surface area (Å²) in [4.78, 5) is 21.4. The number of amides is 1. The number of carbonyl (C=O) groups is 1. The van der Waals surface area contributed by atoms with Gasteiger partial charge in [-0.15, -0.1) is 0 Å². The second-order valence-corrected chi connectivity index (χ2v) is 7.14. The summed E-state index contributed by atoms with van der Waals surface area (Å²) in [7, 11) is 1.41. The zero-order valence-corrected chi connectivity index (χ0v) is 16.7. The Morgan fingerprint density at radius 1 is 1.23 bits per heavy atom. The van der Waals surface area contributed by atoms with Crippen LogP contribution in [0.15, 0.2) is 42.6 Å². The SMILES string of the molecule is COc1ccc(CNC(=O)c2ccc3cnc(NC4CCOCC4)cc3n2)cc1F. The molecule has 156 valence electrons. The predicted molar refractivity (Wildman–Crippen MR) is 111 cm³/mol. The van der Waals surface area contributed by atoms with Crippen molar-refractivity contribution in [1.29, 1.82) is 0 Å². The Kier molecular flexibility index (Phi) is 6.04. The number of nitrogens with one attached hydrogen (secondary N) is 2. The first-order valence-corrected chi connectivity index (χ1v) is 9.84. The van der Waals surface area contributed by atoms with Crippen molar-refractivity contribution in [2.24, 2.45) is 0 Å².